The van der Waals surface area contributed by atoms with Crippen molar-refractivity contribution in [2.45, 2.75) is 26.2 Å². The molecule has 0 unspecified atom stereocenters. The lowest BCUT2D eigenvalue weighted by Crippen LogP contribution is -2.40. The molecule has 9 heteroatoms. The maximum atomic E-state index is 11.8. The second-order valence-electron chi connectivity index (χ2n) is 5.24. The van der Waals surface area contributed by atoms with Gasteiger partial charge in [-0.15, -0.1) is 0 Å². The van der Waals surface area contributed by atoms with Crippen LogP contribution in [-0.4, -0.2) is 40.8 Å². The van der Waals surface area contributed by atoms with E-state index in [4.69, 9.17) is 14.2 Å². The highest BCUT2D eigenvalue weighted by atomic mass is 16.6. The number of hydrogen-bond donors (Lipinski definition) is 1. The van der Waals surface area contributed by atoms with Crippen LogP contribution in [0.2, 0.25) is 0 Å². The molecule has 9 nitrogen and oxygen atoms in total. The predicted octanol–water partition coefficient (Wildman–Crippen LogP) is -0.267. The summed E-state index contributed by atoms with van der Waals surface area (Å²) in [6.07, 6.45) is 3.26. The first-order chi connectivity index (χ1) is 11.4. The second-order valence-corrected chi connectivity index (χ2v) is 5.24. The van der Waals surface area contributed by atoms with Crippen LogP contribution >= 0.6 is 0 Å². The number of esters is 2. The fourth-order valence-electron chi connectivity index (χ4n) is 2.21. The van der Waals surface area contributed by atoms with E-state index >= 15 is 0 Å². The molecule has 0 aromatic carbocycles. The topological polar surface area (TPSA) is 117 Å². The number of ether oxygens (including phenoxy) is 3. The van der Waals surface area contributed by atoms with Crippen molar-refractivity contribution in [1.82, 2.24) is 9.55 Å². The summed E-state index contributed by atoms with van der Waals surface area (Å²) < 4.78 is 16.9. The van der Waals surface area contributed by atoms with Crippen LogP contribution in [0.5, 0.6) is 0 Å². The quantitative estimate of drug-likeness (QED) is 0.580. The Morgan fingerprint density at radius 1 is 1.17 bits per heavy atom. The molecule has 1 aromatic rings. The normalized spacial score (nSPS) is 22.8. The van der Waals surface area contributed by atoms with E-state index < -0.39 is 35.5 Å². The van der Waals surface area contributed by atoms with Gasteiger partial charge < -0.3 is 14.2 Å². The Morgan fingerprint density at radius 2 is 1.83 bits per heavy atom. The van der Waals surface area contributed by atoms with Gasteiger partial charge in [-0.3, -0.25) is 23.9 Å². The molecule has 24 heavy (non-hydrogen) atoms. The highest BCUT2D eigenvalue weighted by molar-refractivity contribution is 5.66. The van der Waals surface area contributed by atoms with Crippen molar-refractivity contribution in [1.29, 1.82) is 0 Å². The van der Waals surface area contributed by atoms with Crippen molar-refractivity contribution in [3.8, 4) is 0 Å². The number of nitrogens with one attached hydrogen (secondary N) is 1. The van der Waals surface area contributed by atoms with E-state index in [1.165, 1.54) is 30.7 Å². The first-order valence-electron chi connectivity index (χ1n) is 7.29. The van der Waals surface area contributed by atoms with Gasteiger partial charge in [-0.05, 0) is 6.08 Å². The third-order valence-corrected chi connectivity index (χ3v) is 3.37. The van der Waals surface area contributed by atoms with Crippen LogP contribution in [0.15, 0.2) is 34.0 Å². The number of carbonyl (C=O) groups is 2. The first-order valence-corrected chi connectivity index (χ1v) is 7.29. The highest BCUT2D eigenvalue weighted by Crippen LogP contribution is 2.25. The predicted molar refractivity (Wildman–Crippen MR) is 81.1 cm³/mol. The number of rotatable bonds is 5. The Morgan fingerprint density at radius 3 is 2.46 bits per heavy atom. The van der Waals surface area contributed by atoms with Crippen LogP contribution in [-0.2, 0) is 23.8 Å². The van der Waals surface area contributed by atoms with Gasteiger partial charge in [0.05, 0.1) is 0 Å². The van der Waals surface area contributed by atoms with Crippen molar-refractivity contribution in [3.05, 3.63) is 45.3 Å². The van der Waals surface area contributed by atoms with Crippen molar-refractivity contribution in [2.24, 2.45) is 5.92 Å². The van der Waals surface area contributed by atoms with Crippen LogP contribution in [0.1, 0.15) is 20.1 Å². The fourth-order valence-corrected chi connectivity index (χ4v) is 2.21. The summed E-state index contributed by atoms with van der Waals surface area (Å²) in [5, 5.41) is 0. The minimum Gasteiger partial charge on any atom is -0.465 e. The largest absolute Gasteiger partial charge is 0.465 e. The molecule has 3 atom stereocenters. The molecule has 0 bridgehead atoms. The maximum absolute atomic E-state index is 11.8. The summed E-state index contributed by atoms with van der Waals surface area (Å²) in [6, 6.07) is 1.20. The number of aromatic amines is 1. The smallest absolute Gasteiger partial charge is 0.330 e. The lowest BCUT2D eigenvalue weighted by molar-refractivity contribution is -0.156. The molecular weight excluding hydrogens is 320 g/mol. The number of carbonyl (C=O) groups excluding carboxylic acids is 2. The molecule has 130 valence electrons. The molecule has 0 spiro atoms. The highest BCUT2D eigenvalue weighted by Gasteiger charge is 2.30. The second kappa shape index (κ2) is 7.73. The Bertz CT molecular complexity index is 749. The van der Waals surface area contributed by atoms with Gasteiger partial charge in [0.15, 0.2) is 6.23 Å². The van der Waals surface area contributed by atoms with Gasteiger partial charge in [0.2, 0.25) is 0 Å². The summed E-state index contributed by atoms with van der Waals surface area (Å²) in [5.74, 6) is -1.24. The van der Waals surface area contributed by atoms with Crippen LogP contribution in [0, 0.1) is 5.92 Å². The SMILES string of the molecule is CC(=O)OC[C@@H]1O[C@@H](n2ccc(=O)[nH]c2=O)C=C[C@H]1COC(C)=O. The average Bonchev–Trinajstić information content (AvgIpc) is 2.51. The third-order valence-electron chi connectivity index (χ3n) is 3.37. The number of H-pyrrole nitrogens is 1. The van der Waals surface area contributed by atoms with Crippen molar-refractivity contribution in [2.75, 3.05) is 13.2 Å². The molecule has 1 aliphatic rings. The average molecular weight is 338 g/mol. The number of hydrogen-bond acceptors (Lipinski definition) is 7. The molecule has 1 N–H and O–H groups in total. The zero-order chi connectivity index (χ0) is 17.7. The zero-order valence-corrected chi connectivity index (χ0v) is 13.3. The van der Waals surface area contributed by atoms with Gasteiger partial charge in [-0.2, -0.15) is 0 Å². The maximum Gasteiger partial charge on any atom is 0.330 e. The summed E-state index contributed by atoms with van der Waals surface area (Å²) in [7, 11) is 0. The molecule has 0 fully saturated rings. The van der Waals surface area contributed by atoms with E-state index in [9.17, 15) is 19.2 Å². The third kappa shape index (κ3) is 4.66. The molecule has 0 saturated carbocycles. The van der Waals surface area contributed by atoms with E-state index in [0.29, 0.717) is 0 Å². The summed E-state index contributed by atoms with van der Waals surface area (Å²) in [5.41, 5.74) is -1.14. The van der Waals surface area contributed by atoms with Gasteiger partial charge in [-0.1, -0.05) is 6.08 Å². The van der Waals surface area contributed by atoms with Crippen molar-refractivity contribution in [3.63, 3.8) is 0 Å². The van der Waals surface area contributed by atoms with E-state index in [-0.39, 0.29) is 19.1 Å². The monoisotopic (exact) mass is 338 g/mol. The van der Waals surface area contributed by atoms with Gasteiger partial charge in [0, 0.05) is 32.0 Å². The van der Waals surface area contributed by atoms with Gasteiger partial charge in [0.1, 0.15) is 19.3 Å². The van der Waals surface area contributed by atoms with E-state index in [2.05, 4.69) is 4.98 Å². The van der Waals surface area contributed by atoms with Gasteiger partial charge >= 0.3 is 17.6 Å². The van der Waals surface area contributed by atoms with E-state index in [0.717, 1.165) is 0 Å². The fraction of sp³-hybridized carbons (Fsp3) is 0.467. The Labute approximate surface area is 136 Å². The van der Waals surface area contributed by atoms with E-state index in [1.807, 2.05) is 0 Å². The van der Waals surface area contributed by atoms with Crippen molar-refractivity contribution >= 4 is 11.9 Å². The van der Waals surface area contributed by atoms with Crippen LogP contribution in [0.3, 0.4) is 0 Å². The van der Waals surface area contributed by atoms with Gasteiger partial charge in [0.25, 0.3) is 5.56 Å². The van der Waals surface area contributed by atoms with Crippen LogP contribution in [0.25, 0.3) is 0 Å². The van der Waals surface area contributed by atoms with Gasteiger partial charge in [-0.25, -0.2) is 4.79 Å². The zero-order valence-electron chi connectivity index (χ0n) is 13.3. The van der Waals surface area contributed by atoms with Crippen LogP contribution in [0.4, 0.5) is 0 Å². The Kier molecular flexibility index (Phi) is 5.69. The minimum atomic E-state index is -0.775. The summed E-state index contributed by atoms with van der Waals surface area (Å²) >= 11 is 0. The molecule has 2 heterocycles. The lowest BCUT2D eigenvalue weighted by Gasteiger charge is -2.32. The Balaban J connectivity index is 2.19. The Hall–Kier alpha value is -2.68. The van der Waals surface area contributed by atoms with Crippen LogP contribution < -0.4 is 11.2 Å². The molecule has 0 saturated heterocycles. The number of nitrogens with zero attached hydrogens (tertiary/aromatic N) is 1. The number of aromatic nitrogens is 2. The first kappa shape index (κ1) is 17.7. The van der Waals surface area contributed by atoms with E-state index in [1.54, 1.807) is 12.2 Å². The molecular formula is C15H18N2O7. The standard InChI is InChI=1S/C15H18N2O7/c1-9(18)22-7-11-3-4-14(24-12(11)8-23-10(2)19)17-6-5-13(20)16-15(17)21/h3-6,11-12,14H,7-8H2,1-2H3,(H,16,20,21)/t11-,12-,14+/m0/s1. The lowest BCUT2D eigenvalue weighted by atomic mass is 10.0. The molecule has 0 amide bonds. The minimum absolute atomic E-state index is 0.0553. The summed E-state index contributed by atoms with van der Waals surface area (Å²) in [6.45, 7) is 2.56. The molecule has 0 aliphatic carbocycles. The molecule has 2 rings (SSSR count). The molecule has 0 radical (unpaired) electrons. The summed E-state index contributed by atoms with van der Waals surface area (Å²) in [4.78, 5) is 47.1. The molecule has 1 aliphatic heterocycles. The molecule has 1 aromatic heterocycles. The van der Waals surface area contributed by atoms with Crippen molar-refractivity contribution < 1.29 is 23.8 Å².